The van der Waals surface area contributed by atoms with Gasteiger partial charge in [0.15, 0.2) is 11.9 Å². The molecule has 9 amide bonds. The predicted molar refractivity (Wildman–Crippen MR) is 322 cm³/mol. The summed E-state index contributed by atoms with van der Waals surface area (Å²) in [5, 5.41) is 50.5. The number of aromatic amines is 1. The minimum absolute atomic E-state index is 0.0228. The highest BCUT2D eigenvalue weighted by Gasteiger charge is 2.37. The largest absolute Gasteiger partial charge is 0.480 e. The molecule has 1 heterocycles. The van der Waals surface area contributed by atoms with E-state index in [0.717, 1.165) is 34.4 Å². The Hall–Kier alpha value is -8.97. The van der Waals surface area contributed by atoms with Crippen molar-refractivity contribution in [1.29, 1.82) is 0 Å². The number of amides is 9. The Labute approximate surface area is 504 Å². The molecule has 1 aromatic heterocycles. The molecule has 0 aliphatic heterocycles. The van der Waals surface area contributed by atoms with Crippen molar-refractivity contribution in [2.45, 2.75) is 154 Å². The highest BCUT2D eigenvalue weighted by atomic mass is 16.4. The number of rotatable bonds is 37. The van der Waals surface area contributed by atoms with Gasteiger partial charge in [-0.25, -0.2) is 4.98 Å². The summed E-state index contributed by atoms with van der Waals surface area (Å²) in [6.07, 6.45) is 0.407. The number of aliphatic carboxylic acids is 1. The lowest BCUT2D eigenvalue weighted by Crippen LogP contribution is -2.62. The van der Waals surface area contributed by atoms with Crippen LogP contribution in [-0.4, -0.2) is 206 Å². The van der Waals surface area contributed by atoms with Crippen molar-refractivity contribution in [2.24, 2.45) is 44.6 Å². The molecule has 11 atom stereocenters. The molecule has 480 valence electrons. The van der Waals surface area contributed by atoms with Crippen molar-refractivity contribution in [3.63, 3.8) is 0 Å². The number of H-pyrrole nitrogens is 1. The zero-order chi connectivity index (χ0) is 65.1. The van der Waals surface area contributed by atoms with E-state index in [2.05, 4.69) is 57.2 Å². The lowest BCUT2D eigenvalue weighted by molar-refractivity contribution is -0.148. The molecule has 2 unspecified atom stereocenters. The number of nitrogens with zero attached hydrogens (tertiary/aromatic N) is 5. The van der Waals surface area contributed by atoms with Crippen LogP contribution in [-0.2, 0) is 60.8 Å². The third-order valence-corrected chi connectivity index (χ3v) is 14.2. The molecule has 0 aliphatic rings. The van der Waals surface area contributed by atoms with Gasteiger partial charge in [-0.05, 0) is 75.6 Å². The zero-order valence-electron chi connectivity index (χ0n) is 50.3. The first-order valence-electron chi connectivity index (χ1n) is 28.6. The summed E-state index contributed by atoms with van der Waals surface area (Å²) in [6, 6.07) is 2.08. The van der Waals surface area contributed by atoms with E-state index < -0.39 is 145 Å². The first kappa shape index (κ1) is 72.3. The van der Waals surface area contributed by atoms with Crippen molar-refractivity contribution in [2.75, 3.05) is 39.3 Å². The number of carboxylic acid groups (broad SMARTS) is 1. The smallest absolute Gasteiger partial charge is 0.323 e. The number of aromatic nitrogens is 2. The minimum Gasteiger partial charge on any atom is -0.480 e. The second-order valence-electron chi connectivity index (χ2n) is 21.2. The average Bonchev–Trinajstić information content (AvgIpc) is 2.28. The number of carboxylic acids is 1. The second-order valence-corrected chi connectivity index (χ2v) is 21.2. The highest BCUT2D eigenvalue weighted by Crippen LogP contribution is 2.21. The van der Waals surface area contributed by atoms with Gasteiger partial charge < -0.3 is 96.0 Å². The number of aliphatic imine (C=N–C) groups is 2. The van der Waals surface area contributed by atoms with Crippen LogP contribution in [0.2, 0.25) is 0 Å². The third kappa shape index (κ3) is 24.1. The molecular weight excluding hydrogens is 1130 g/mol. The van der Waals surface area contributed by atoms with Gasteiger partial charge in [-0.15, -0.1) is 0 Å². The number of hydrogen-bond donors (Lipinski definition) is 16. The number of nitrogens with two attached hydrogens (primary N) is 5. The highest BCUT2D eigenvalue weighted by molar-refractivity contribution is 5.98. The first-order valence-corrected chi connectivity index (χ1v) is 28.6. The zero-order valence-corrected chi connectivity index (χ0v) is 50.3. The fourth-order valence-electron chi connectivity index (χ4n) is 8.86. The van der Waals surface area contributed by atoms with Gasteiger partial charge in [-0.3, -0.25) is 57.9 Å². The molecule has 0 saturated heterocycles. The molecule has 31 heteroatoms. The molecule has 0 radical (unpaired) electrons. The molecule has 87 heavy (non-hydrogen) atoms. The number of imidazole rings is 1. The predicted octanol–water partition coefficient (Wildman–Crippen LogP) is -4.21. The van der Waals surface area contributed by atoms with Crippen LogP contribution in [0, 0.1) is 5.92 Å². The summed E-state index contributed by atoms with van der Waals surface area (Å²) in [7, 11) is 0. The second kappa shape index (κ2) is 36.1. The molecule has 0 spiro atoms. The molecule has 0 bridgehead atoms. The van der Waals surface area contributed by atoms with Crippen LogP contribution in [0.5, 0.6) is 0 Å². The molecule has 3 aromatic rings. The summed E-state index contributed by atoms with van der Waals surface area (Å²) in [4.78, 5) is 154. The van der Waals surface area contributed by atoms with Crippen LogP contribution < -0.4 is 65.9 Å². The van der Waals surface area contributed by atoms with Crippen LogP contribution >= 0.6 is 0 Å². The van der Waals surface area contributed by atoms with Crippen molar-refractivity contribution < 1.29 is 63.3 Å². The Morgan fingerprint density at radius 3 is 1.84 bits per heavy atom. The monoisotopic (exact) mass is 1220 g/mol. The third-order valence-electron chi connectivity index (χ3n) is 14.2. The van der Waals surface area contributed by atoms with E-state index in [1.807, 2.05) is 24.3 Å². The maximum Gasteiger partial charge on any atom is 0.323 e. The molecular formula is C56H88N18O13. The molecule has 0 fully saturated rings. The van der Waals surface area contributed by atoms with Crippen LogP contribution in [0.15, 0.2) is 65.0 Å². The molecule has 21 N–H and O–H groups in total. The maximum absolute atomic E-state index is 14.6. The van der Waals surface area contributed by atoms with E-state index >= 15 is 0 Å². The van der Waals surface area contributed by atoms with Gasteiger partial charge in [0.25, 0.3) is 0 Å². The molecule has 3 rings (SSSR count). The summed E-state index contributed by atoms with van der Waals surface area (Å²) in [5.74, 6) is -10.0. The van der Waals surface area contributed by atoms with Gasteiger partial charge in [-0.1, -0.05) is 69.7 Å². The number of carbonyl (C=O) groups is 10. The fourth-order valence-corrected chi connectivity index (χ4v) is 8.86. The topological polar surface area (TPSA) is 506 Å². The van der Waals surface area contributed by atoms with Crippen LogP contribution in [0.25, 0.3) is 10.8 Å². The normalized spacial score (nSPS) is 14.9. The summed E-state index contributed by atoms with van der Waals surface area (Å²) < 4.78 is 0. The van der Waals surface area contributed by atoms with Crippen molar-refractivity contribution in [3.05, 3.63) is 66.2 Å². The van der Waals surface area contributed by atoms with Gasteiger partial charge in [0.05, 0.1) is 37.7 Å². The van der Waals surface area contributed by atoms with E-state index in [9.17, 15) is 63.3 Å². The Bertz CT molecular complexity index is 2860. The summed E-state index contributed by atoms with van der Waals surface area (Å²) >= 11 is 0. The number of fused-ring (bicyclic) bond motifs is 1. The lowest BCUT2D eigenvalue weighted by Gasteiger charge is -2.33. The van der Waals surface area contributed by atoms with E-state index in [1.54, 1.807) is 45.9 Å². The van der Waals surface area contributed by atoms with E-state index in [-0.39, 0.29) is 57.2 Å². The SMILES string of the molecule is CCC(C)[C@H](NC(=O)CN(CCCN=C(N)N)C(=O)CNC(=O)[C@@H](NC(=O)[C@@H](NC(=O)[C@H](Cc1cnc[nH]1)NC(=O)[C@H](Cc1cccc2ccccc12)NC(=O)[C@H](C)NC(=O)[C@@H](N)CCCN=C(N)N)[C@@H](C)O)[C@@H](C)O)C(=O)N(CC(=O)O)C(C)CC. The maximum atomic E-state index is 14.6. The van der Waals surface area contributed by atoms with Crippen molar-refractivity contribution in [1.82, 2.24) is 57.0 Å². The van der Waals surface area contributed by atoms with E-state index in [0.29, 0.717) is 30.5 Å². The lowest BCUT2D eigenvalue weighted by atomic mass is 9.96. The number of guanidine groups is 2. The van der Waals surface area contributed by atoms with Gasteiger partial charge in [0.2, 0.25) is 53.2 Å². The molecule has 31 nitrogen and oxygen atoms in total. The van der Waals surface area contributed by atoms with Crippen LogP contribution in [0.1, 0.15) is 91.8 Å². The summed E-state index contributed by atoms with van der Waals surface area (Å²) in [6.45, 7) is 8.63. The molecule has 0 aliphatic carbocycles. The molecule has 2 aromatic carbocycles. The first-order chi connectivity index (χ1) is 41.1. The Balaban J connectivity index is 1.86. The average molecular weight is 1220 g/mol. The van der Waals surface area contributed by atoms with Crippen molar-refractivity contribution in [3.8, 4) is 0 Å². The number of aliphatic hydroxyl groups excluding tert-OH is 2. The van der Waals surface area contributed by atoms with Gasteiger partial charge in [0, 0.05) is 50.4 Å². The number of aliphatic hydroxyl groups is 2. The number of benzene rings is 2. The quantitative estimate of drug-likeness (QED) is 0.0148. The van der Waals surface area contributed by atoms with E-state index in [4.69, 9.17) is 28.7 Å². The van der Waals surface area contributed by atoms with Crippen LogP contribution in [0.3, 0.4) is 0 Å². The number of carbonyl (C=O) groups excluding carboxylic acids is 9. The number of hydrogen-bond acceptors (Lipinski definition) is 16. The van der Waals surface area contributed by atoms with Crippen molar-refractivity contribution >= 4 is 81.8 Å². The van der Waals surface area contributed by atoms with Gasteiger partial charge in [0.1, 0.15) is 42.8 Å². The Morgan fingerprint density at radius 2 is 1.24 bits per heavy atom. The Morgan fingerprint density at radius 1 is 0.655 bits per heavy atom. The van der Waals surface area contributed by atoms with Gasteiger partial charge in [-0.2, -0.15) is 0 Å². The number of nitrogens with one attached hydrogen (secondary N) is 8. The fraction of sp³-hybridized carbons (Fsp3) is 0.554. The van der Waals surface area contributed by atoms with Gasteiger partial charge >= 0.3 is 5.97 Å². The summed E-state index contributed by atoms with van der Waals surface area (Å²) in [5.41, 5.74) is 28.7. The Kier molecular flexibility index (Phi) is 30.0. The molecule has 0 saturated carbocycles. The standard InChI is InChI=1S/C56H88N18O13/c1-8-30(3)45(54(87)74(28-44(79)80)31(4)9-2)70-42(77)27-73(22-14-21-64-56(60)61)43(78)26-65-52(85)46(33(6)75)72-53(86)47(34(7)76)71-51(84)41(24-37-25-62-29-66-37)69-50(83)40(23-36-17-12-16-35-15-10-11-18-38(35)36)68-48(81)32(5)67-49(82)39(57)19-13-20-63-55(58)59/h10-12,15-18,25,29-34,39-41,45-47,75-76H,8-9,13-14,19-24,26-28,57H2,1-7H3,(H,62,66)(H,65,85)(H,67,82)(H,68,81)(H,69,83)(H,70,77)(H,71,84)(H,72,86)(H,79,80)(H4,58,59,63)(H4,60,61,64)/t30?,31?,32-,33+,34+,39-,40-,41-,45-,46-,47-/m0/s1. The van der Waals surface area contributed by atoms with E-state index in [1.165, 1.54) is 19.4 Å². The minimum atomic E-state index is -1.87. The van der Waals surface area contributed by atoms with Crippen LogP contribution in [0.4, 0.5) is 0 Å².